The molecule has 1 aromatic heterocycles. The van der Waals surface area contributed by atoms with Gasteiger partial charge in [0.2, 0.25) is 5.78 Å². The maximum atomic E-state index is 12.6. The number of hydrogen-bond donors (Lipinski definition) is 1. The molecule has 0 bridgehead atoms. The highest BCUT2D eigenvalue weighted by Gasteiger charge is 2.36. The van der Waals surface area contributed by atoms with Gasteiger partial charge in [-0.1, -0.05) is 31.2 Å². The van der Waals surface area contributed by atoms with Crippen molar-refractivity contribution < 1.29 is 9.53 Å². The Morgan fingerprint density at radius 1 is 1.33 bits per heavy atom. The second-order valence-electron chi connectivity index (χ2n) is 5.11. The van der Waals surface area contributed by atoms with E-state index in [9.17, 15) is 4.79 Å². The predicted molar refractivity (Wildman–Crippen MR) is 84.8 cm³/mol. The van der Waals surface area contributed by atoms with Crippen molar-refractivity contribution >= 4 is 22.7 Å². The van der Waals surface area contributed by atoms with Crippen LogP contribution in [0, 0.1) is 6.92 Å². The number of thiophene rings is 1. The van der Waals surface area contributed by atoms with Crippen molar-refractivity contribution in [2.75, 3.05) is 0 Å². The Kier molecular flexibility index (Phi) is 3.55. The molecule has 0 aliphatic carbocycles. The fourth-order valence-corrected chi connectivity index (χ4v) is 3.40. The molecule has 1 aromatic carbocycles. The Bertz CT molecular complexity index is 716. The van der Waals surface area contributed by atoms with Crippen LogP contribution in [0.25, 0.3) is 5.57 Å². The summed E-state index contributed by atoms with van der Waals surface area (Å²) in [5, 5.41) is 1.93. The lowest BCUT2D eigenvalue weighted by atomic mass is 9.95. The third-order valence-electron chi connectivity index (χ3n) is 3.79. The zero-order chi connectivity index (χ0) is 15.0. The molecule has 2 N–H and O–H groups in total. The summed E-state index contributed by atoms with van der Waals surface area (Å²) in [6.07, 6.45) is 0.384. The molecule has 0 spiro atoms. The molecule has 3 rings (SSSR count). The van der Waals surface area contributed by atoms with E-state index in [0.717, 1.165) is 16.9 Å². The van der Waals surface area contributed by atoms with Gasteiger partial charge < -0.3 is 10.5 Å². The SMILES string of the molecule is CCc1ccc(C2=C(N)OC(c3cccs3)C2=O)cc1C. The zero-order valence-electron chi connectivity index (χ0n) is 12.1. The van der Waals surface area contributed by atoms with E-state index in [1.54, 1.807) is 0 Å². The molecule has 2 heterocycles. The monoisotopic (exact) mass is 299 g/mol. The van der Waals surface area contributed by atoms with Crippen LogP contribution >= 0.6 is 11.3 Å². The van der Waals surface area contributed by atoms with E-state index < -0.39 is 6.10 Å². The third kappa shape index (κ3) is 2.36. The number of benzene rings is 1. The molecule has 1 unspecified atom stereocenters. The van der Waals surface area contributed by atoms with Crippen molar-refractivity contribution in [2.45, 2.75) is 26.4 Å². The van der Waals surface area contributed by atoms with Gasteiger partial charge in [-0.2, -0.15) is 0 Å². The molecule has 0 saturated carbocycles. The van der Waals surface area contributed by atoms with Crippen molar-refractivity contribution in [2.24, 2.45) is 5.73 Å². The van der Waals surface area contributed by atoms with E-state index in [1.807, 2.05) is 29.6 Å². The van der Waals surface area contributed by atoms with Crippen molar-refractivity contribution in [1.82, 2.24) is 0 Å². The molecule has 4 heteroatoms. The van der Waals surface area contributed by atoms with Crippen molar-refractivity contribution in [3.63, 3.8) is 0 Å². The topological polar surface area (TPSA) is 52.3 Å². The predicted octanol–water partition coefficient (Wildman–Crippen LogP) is 3.59. The lowest BCUT2D eigenvalue weighted by Crippen LogP contribution is -2.08. The van der Waals surface area contributed by atoms with Crippen LogP contribution in [-0.4, -0.2) is 5.78 Å². The largest absolute Gasteiger partial charge is 0.461 e. The molecule has 3 nitrogen and oxygen atoms in total. The molecule has 21 heavy (non-hydrogen) atoms. The van der Waals surface area contributed by atoms with Crippen LogP contribution in [0.2, 0.25) is 0 Å². The third-order valence-corrected chi connectivity index (χ3v) is 4.71. The minimum atomic E-state index is -0.592. The Morgan fingerprint density at radius 3 is 2.76 bits per heavy atom. The number of aryl methyl sites for hydroxylation is 2. The summed E-state index contributed by atoms with van der Waals surface area (Å²) in [5.74, 6) is 0.167. The van der Waals surface area contributed by atoms with Crippen LogP contribution in [0.4, 0.5) is 0 Å². The molecule has 0 fully saturated rings. The first-order valence-corrected chi connectivity index (χ1v) is 7.83. The fraction of sp³-hybridized carbons (Fsp3) is 0.235. The van der Waals surface area contributed by atoms with Gasteiger partial charge >= 0.3 is 0 Å². The molecule has 1 aliphatic heterocycles. The summed E-state index contributed by atoms with van der Waals surface area (Å²) in [4.78, 5) is 13.5. The molecule has 1 aliphatic rings. The van der Waals surface area contributed by atoms with Crippen molar-refractivity contribution in [1.29, 1.82) is 0 Å². The van der Waals surface area contributed by atoms with Gasteiger partial charge in [-0.15, -0.1) is 11.3 Å². The van der Waals surface area contributed by atoms with Gasteiger partial charge in [-0.05, 0) is 41.5 Å². The Balaban J connectivity index is 1.97. The first-order valence-electron chi connectivity index (χ1n) is 6.95. The molecule has 1 atom stereocenters. The van der Waals surface area contributed by atoms with Crippen molar-refractivity contribution in [3.8, 4) is 0 Å². The Labute approximate surface area is 128 Å². The van der Waals surface area contributed by atoms with Crippen LogP contribution in [-0.2, 0) is 16.0 Å². The fourth-order valence-electron chi connectivity index (χ4n) is 2.65. The molecule has 0 radical (unpaired) electrons. The van der Waals surface area contributed by atoms with Gasteiger partial charge in [0.15, 0.2) is 12.0 Å². The van der Waals surface area contributed by atoms with Crippen LogP contribution in [0.5, 0.6) is 0 Å². The first-order chi connectivity index (χ1) is 10.1. The van der Waals surface area contributed by atoms with Gasteiger partial charge in [-0.25, -0.2) is 0 Å². The van der Waals surface area contributed by atoms with E-state index in [2.05, 4.69) is 19.9 Å². The second-order valence-corrected chi connectivity index (χ2v) is 6.09. The number of carbonyl (C=O) groups is 1. The van der Waals surface area contributed by atoms with E-state index in [-0.39, 0.29) is 11.7 Å². The number of ether oxygens (including phenoxy) is 1. The normalized spacial score (nSPS) is 18.2. The average molecular weight is 299 g/mol. The maximum Gasteiger partial charge on any atom is 0.214 e. The highest BCUT2D eigenvalue weighted by atomic mass is 32.1. The summed E-state index contributed by atoms with van der Waals surface area (Å²) in [5.41, 5.74) is 9.74. The standard InChI is InChI=1S/C17H17NO2S/c1-3-11-6-7-12(9-10(11)2)14-15(19)16(20-17(14)18)13-5-4-8-21-13/h4-9,16H,3,18H2,1-2H3. The van der Waals surface area contributed by atoms with Gasteiger partial charge in [0.05, 0.1) is 10.5 Å². The van der Waals surface area contributed by atoms with Gasteiger partial charge in [0.1, 0.15) is 0 Å². The summed E-state index contributed by atoms with van der Waals surface area (Å²) < 4.78 is 5.60. The van der Waals surface area contributed by atoms with Crippen LogP contribution in [0.15, 0.2) is 41.6 Å². The molecular weight excluding hydrogens is 282 g/mol. The number of carbonyl (C=O) groups excluding carboxylic acids is 1. The van der Waals surface area contributed by atoms with E-state index in [1.165, 1.54) is 22.5 Å². The average Bonchev–Trinajstić information content (AvgIpc) is 3.07. The lowest BCUT2D eigenvalue weighted by molar-refractivity contribution is -0.120. The number of ketones is 1. The summed E-state index contributed by atoms with van der Waals surface area (Å²) >= 11 is 1.50. The van der Waals surface area contributed by atoms with Gasteiger partial charge in [0, 0.05) is 0 Å². The number of Topliss-reactive ketones (excluding diaryl/α,β-unsaturated/α-hetero) is 1. The summed E-state index contributed by atoms with van der Waals surface area (Å²) in [6.45, 7) is 4.17. The molecule has 2 aromatic rings. The van der Waals surface area contributed by atoms with Gasteiger partial charge in [-0.3, -0.25) is 4.79 Å². The summed E-state index contributed by atoms with van der Waals surface area (Å²) in [6, 6.07) is 9.82. The Hall–Kier alpha value is -2.07. The Morgan fingerprint density at radius 2 is 2.14 bits per heavy atom. The zero-order valence-corrected chi connectivity index (χ0v) is 12.9. The highest BCUT2D eigenvalue weighted by Crippen LogP contribution is 2.38. The minimum absolute atomic E-state index is 0.0569. The van der Waals surface area contributed by atoms with Crippen LogP contribution < -0.4 is 5.73 Å². The lowest BCUT2D eigenvalue weighted by Gasteiger charge is -2.07. The van der Waals surface area contributed by atoms with E-state index in [0.29, 0.717) is 5.57 Å². The molecular formula is C17H17NO2S. The summed E-state index contributed by atoms with van der Waals surface area (Å²) in [7, 11) is 0. The molecule has 108 valence electrons. The molecule has 0 saturated heterocycles. The highest BCUT2D eigenvalue weighted by molar-refractivity contribution is 7.10. The number of nitrogens with two attached hydrogens (primary N) is 1. The maximum absolute atomic E-state index is 12.6. The quantitative estimate of drug-likeness (QED) is 0.942. The first kappa shape index (κ1) is 13.9. The van der Waals surface area contributed by atoms with Crippen LogP contribution in [0.3, 0.4) is 0 Å². The number of hydrogen-bond acceptors (Lipinski definition) is 4. The van der Waals surface area contributed by atoms with E-state index in [4.69, 9.17) is 10.5 Å². The van der Waals surface area contributed by atoms with Crippen LogP contribution in [0.1, 0.15) is 34.6 Å². The second kappa shape index (κ2) is 5.37. The smallest absolute Gasteiger partial charge is 0.214 e. The number of rotatable bonds is 3. The minimum Gasteiger partial charge on any atom is -0.461 e. The molecule has 0 amide bonds. The van der Waals surface area contributed by atoms with Gasteiger partial charge in [0.25, 0.3) is 0 Å². The van der Waals surface area contributed by atoms with Crippen molar-refractivity contribution in [3.05, 3.63) is 63.2 Å². The van der Waals surface area contributed by atoms with E-state index >= 15 is 0 Å².